The number of fused-ring (bicyclic) bond motifs is 1. The number of para-hydroxylation sites is 1. The SMILES string of the molecule is CC1CCc2ccccc2N1C(C)c1c(O)cccc1O. The number of anilines is 1. The Morgan fingerprint density at radius 1 is 1.05 bits per heavy atom. The van der Waals surface area contributed by atoms with Crippen LogP contribution in [0.2, 0.25) is 0 Å². The highest BCUT2D eigenvalue weighted by atomic mass is 16.3. The van der Waals surface area contributed by atoms with Gasteiger partial charge in [-0.1, -0.05) is 24.3 Å². The second-order valence-corrected chi connectivity index (χ2v) is 5.81. The normalized spacial score (nSPS) is 19.1. The lowest BCUT2D eigenvalue weighted by Gasteiger charge is -2.41. The predicted molar refractivity (Wildman–Crippen MR) is 84.9 cm³/mol. The van der Waals surface area contributed by atoms with Gasteiger partial charge in [-0.25, -0.2) is 0 Å². The quantitative estimate of drug-likeness (QED) is 0.875. The Labute approximate surface area is 125 Å². The van der Waals surface area contributed by atoms with Crippen LogP contribution in [0.4, 0.5) is 5.69 Å². The van der Waals surface area contributed by atoms with E-state index in [2.05, 4.69) is 30.0 Å². The maximum absolute atomic E-state index is 10.1. The van der Waals surface area contributed by atoms with Gasteiger partial charge >= 0.3 is 0 Å². The van der Waals surface area contributed by atoms with Crippen molar-refractivity contribution >= 4 is 5.69 Å². The third-order valence-corrected chi connectivity index (χ3v) is 4.47. The van der Waals surface area contributed by atoms with E-state index >= 15 is 0 Å². The zero-order chi connectivity index (χ0) is 15.0. The number of hydrogen-bond donors (Lipinski definition) is 2. The molecule has 0 radical (unpaired) electrons. The first-order valence-electron chi connectivity index (χ1n) is 7.46. The van der Waals surface area contributed by atoms with Crippen LogP contribution in [0.3, 0.4) is 0 Å². The molecule has 2 aromatic carbocycles. The van der Waals surface area contributed by atoms with E-state index in [9.17, 15) is 10.2 Å². The molecular weight excluding hydrogens is 262 g/mol. The summed E-state index contributed by atoms with van der Waals surface area (Å²) in [5, 5.41) is 20.3. The Morgan fingerprint density at radius 3 is 2.43 bits per heavy atom. The van der Waals surface area contributed by atoms with E-state index in [1.54, 1.807) is 18.2 Å². The minimum Gasteiger partial charge on any atom is -0.507 e. The second-order valence-electron chi connectivity index (χ2n) is 5.81. The van der Waals surface area contributed by atoms with Crippen LogP contribution < -0.4 is 4.90 Å². The van der Waals surface area contributed by atoms with Gasteiger partial charge in [-0.2, -0.15) is 0 Å². The Morgan fingerprint density at radius 2 is 1.71 bits per heavy atom. The van der Waals surface area contributed by atoms with Gasteiger partial charge in [-0.3, -0.25) is 0 Å². The number of rotatable bonds is 2. The van der Waals surface area contributed by atoms with Crippen molar-refractivity contribution in [1.82, 2.24) is 0 Å². The fourth-order valence-electron chi connectivity index (χ4n) is 3.41. The molecule has 110 valence electrons. The van der Waals surface area contributed by atoms with Gasteiger partial charge in [0.05, 0.1) is 11.6 Å². The first-order valence-corrected chi connectivity index (χ1v) is 7.46. The highest BCUT2D eigenvalue weighted by molar-refractivity contribution is 5.60. The van der Waals surface area contributed by atoms with Gasteiger partial charge in [0.2, 0.25) is 0 Å². The highest BCUT2D eigenvalue weighted by Gasteiger charge is 2.30. The summed E-state index contributed by atoms with van der Waals surface area (Å²) in [5.41, 5.74) is 3.13. The molecule has 0 aromatic heterocycles. The zero-order valence-electron chi connectivity index (χ0n) is 12.5. The van der Waals surface area contributed by atoms with Crippen molar-refractivity contribution in [1.29, 1.82) is 0 Å². The van der Waals surface area contributed by atoms with E-state index in [1.807, 2.05) is 13.0 Å². The topological polar surface area (TPSA) is 43.7 Å². The molecule has 3 heteroatoms. The number of phenols is 2. The fraction of sp³-hybridized carbons (Fsp3) is 0.333. The molecule has 2 aromatic rings. The summed E-state index contributed by atoms with van der Waals surface area (Å²) in [6.45, 7) is 4.23. The Hall–Kier alpha value is -2.16. The van der Waals surface area contributed by atoms with Crippen molar-refractivity contribution < 1.29 is 10.2 Å². The maximum Gasteiger partial charge on any atom is 0.124 e. The van der Waals surface area contributed by atoms with E-state index in [0.717, 1.165) is 12.8 Å². The highest BCUT2D eigenvalue weighted by Crippen LogP contribution is 2.42. The van der Waals surface area contributed by atoms with Crippen molar-refractivity contribution in [3.8, 4) is 11.5 Å². The van der Waals surface area contributed by atoms with Gasteiger partial charge in [-0.05, 0) is 50.5 Å². The van der Waals surface area contributed by atoms with Gasteiger partial charge in [0.1, 0.15) is 11.5 Å². The molecule has 0 aliphatic carbocycles. The molecule has 1 heterocycles. The predicted octanol–water partition coefficient (Wildman–Crippen LogP) is 4.00. The zero-order valence-corrected chi connectivity index (χ0v) is 12.5. The summed E-state index contributed by atoms with van der Waals surface area (Å²) in [4.78, 5) is 2.30. The molecule has 1 aliphatic heterocycles. The molecule has 1 aliphatic rings. The number of hydrogen-bond acceptors (Lipinski definition) is 3. The van der Waals surface area contributed by atoms with Crippen molar-refractivity contribution in [3.05, 3.63) is 53.6 Å². The van der Waals surface area contributed by atoms with E-state index in [4.69, 9.17) is 0 Å². The lowest BCUT2D eigenvalue weighted by molar-refractivity contribution is 0.418. The lowest BCUT2D eigenvalue weighted by atomic mass is 9.92. The average molecular weight is 283 g/mol. The van der Waals surface area contributed by atoms with Crippen molar-refractivity contribution in [3.63, 3.8) is 0 Å². The van der Waals surface area contributed by atoms with Gasteiger partial charge < -0.3 is 15.1 Å². The van der Waals surface area contributed by atoms with Crippen molar-refractivity contribution in [2.24, 2.45) is 0 Å². The van der Waals surface area contributed by atoms with Crippen molar-refractivity contribution in [2.45, 2.75) is 38.8 Å². The van der Waals surface area contributed by atoms with E-state index in [0.29, 0.717) is 11.6 Å². The summed E-state index contributed by atoms with van der Waals surface area (Å²) < 4.78 is 0. The third kappa shape index (κ3) is 2.33. The molecule has 2 unspecified atom stereocenters. The fourth-order valence-corrected chi connectivity index (χ4v) is 3.41. The number of nitrogens with zero attached hydrogens (tertiary/aromatic N) is 1. The van der Waals surface area contributed by atoms with E-state index in [-0.39, 0.29) is 17.5 Å². The van der Waals surface area contributed by atoms with Gasteiger partial charge in [0.15, 0.2) is 0 Å². The summed E-state index contributed by atoms with van der Waals surface area (Å²) in [5.74, 6) is 0.301. The van der Waals surface area contributed by atoms with Crippen LogP contribution >= 0.6 is 0 Å². The van der Waals surface area contributed by atoms with Crippen LogP contribution in [0.25, 0.3) is 0 Å². The molecule has 2 N–H and O–H groups in total. The van der Waals surface area contributed by atoms with Gasteiger partial charge in [0, 0.05) is 11.7 Å². The molecule has 0 spiro atoms. The molecule has 0 saturated heterocycles. The number of benzene rings is 2. The Balaban J connectivity index is 2.07. The summed E-state index contributed by atoms with van der Waals surface area (Å²) >= 11 is 0. The molecule has 0 fully saturated rings. The molecule has 0 amide bonds. The van der Waals surface area contributed by atoms with Crippen LogP contribution in [0.1, 0.15) is 37.4 Å². The average Bonchev–Trinajstić information content (AvgIpc) is 2.46. The van der Waals surface area contributed by atoms with Crippen LogP contribution in [-0.2, 0) is 6.42 Å². The maximum atomic E-state index is 10.1. The van der Waals surface area contributed by atoms with E-state index in [1.165, 1.54) is 11.3 Å². The standard InChI is InChI=1S/C18H21NO2/c1-12-10-11-14-6-3-4-7-15(14)19(12)13(2)18-16(20)8-5-9-17(18)21/h3-9,12-13,20-21H,10-11H2,1-2H3. The second kappa shape index (κ2) is 5.32. The van der Waals surface area contributed by atoms with Crippen LogP contribution in [0.15, 0.2) is 42.5 Å². The minimum atomic E-state index is -0.0809. The lowest BCUT2D eigenvalue weighted by Crippen LogP contribution is -2.39. The van der Waals surface area contributed by atoms with Crippen molar-refractivity contribution in [2.75, 3.05) is 4.90 Å². The van der Waals surface area contributed by atoms with Crippen LogP contribution in [-0.4, -0.2) is 16.3 Å². The summed E-state index contributed by atoms with van der Waals surface area (Å²) in [7, 11) is 0. The molecular formula is C18H21NO2. The molecule has 3 nitrogen and oxygen atoms in total. The molecule has 0 bridgehead atoms. The molecule has 0 saturated carbocycles. The van der Waals surface area contributed by atoms with E-state index < -0.39 is 0 Å². The molecule has 3 rings (SSSR count). The first kappa shape index (κ1) is 13.8. The van der Waals surface area contributed by atoms with Crippen LogP contribution in [0, 0.1) is 0 Å². The Bertz CT molecular complexity index is 633. The number of aromatic hydroxyl groups is 2. The first-order chi connectivity index (χ1) is 10.1. The molecule has 2 atom stereocenters. The smallest absolute Gasteiger partial charge is 0.124 e. The minimum absolute atomic E-state index is 0.0809. The summed E-state index contributed by atoms with van der Waals surface area (Å²) in [6, 6.07) is 13.6. The summed E-state index contributed by atoms with van der Waals surface area (Å²) in [6.07, 6.45) is 2.16. The monoisotopic (exact) mass is 283 g/mol. The third-order valence-electron chi connectivity index (χ3n) is 4.47. The van der Waals surface area contributed by atoms with Crippen LogP contribution in [0.5, 0.6) is 11.5 Å². The van der Waals surface area contributed by atoms with Gasteiger partial charge in [0.25, 0.3) is 0 Å². The molecule has 21 heavy (non-hydrogen) atoms. The van der Waals surface area contributed by atoms with Gasteiger partial charge in [-0.15, -0.1) is 0 Å². The number of aryl methyl sites for hydroxylation is 1. The largest absolute Gasteiger partial charge is 0.507 e. The Kier molecular flexibility index (Phi) is 3.50. The number of phenolic OH excluding ortho intramolecular Hbond substituents is 2.